The number of non-ortho nitro benzene ring substituents is 1. The maximum Gasteiger partial charge on any atom is 0.269 e. The lowest BCUT2D eigenvalue weighted by molar-refractivity contribution is -0.384. The molecule has 0 spiro atoms. The van der Waals surface area contributed by atoms with Crippen molar-refractivity contribution in [1.82, 2.24) is 15.5 Å². The summed E-state index contributed by atoms with van der Waals surface area (Å²) >= 11 is 0. The summed E-state index contributed by atoms with van der Waals surface area (Å²) in [5.74, 6) is 0.687. The molecule has 1 saturated heterocycles. The second-order valence-electron chi connectivity index (χ2n) is 6.90. The van der Waals surface area contributed by atoms with Gasteiger partial charge in [0.15, 0.2) is 5.96 Å². The Balaban J connectivity index is 0.00000300. The maximum atomic E-state index is 10.9. The highest BCUT2D eigenvalue weighted by atomic mass is 127. The van der Waals surface area contributed by atoms with Crippen LogP contribution in [0.15, 0.2) is 59.6 Å². The molecule has 156 valence electrons. The van der Waals surface area contributed by atoms with Crippen LogP contribution >= 0.6 is 24.0 Å². The first-order valence-corrected chi connectivity index (χ1v) is 9.64. The first-order chi connectivity index (χ1) is 13.7. The lowest BCUT2D eigenvalue weighted by atomic mass is 10.1. The molecule has 1 heterocycles. The molecule has 29 heavy (non-hydrogen) atoms. The van der Waals surface area contributed by atoms with Gasteiger partial charge in [0.25, 0.3) is 5.69 Å². The highest BCUT2D eigenvalue weighted by molar-refractivity contribution is 14.0. The average Bonchev–Trinajstić information content (AvgIpc) is 3.26. The Kier molecular flexibility index (Phi) is 9.33. The number of nitro groups is 1. The zero-order chi connectivity index (χ0) is 19.8. The number of aliphatic imine (C=N–C) groups is 1. The summed E-state index contributed by atoms with van der Waals surface area (Å²) in [5.41, 5.74) is 2.24. The molecule has 0 saturated carbocycles. The molecule has 7 nitrogen and oxygen atoms in total. The van der Waals surface area contributed by atoms with E-state index in [1.54, 1.807) is 19.2 Å². The fraction of sp³-hybridized carbons (Fsp3) is 0.381. The van der Waals surface area contributed by atoms with Crippen molar-refractivity contribution >= 4 is 35.6 Å². The number of guanidine groups is 1. The molecule has 1 unspecified atom stereocenters. The number of likely N-dealkylation sites (tertiary alicyclic amines) is 1. The van der Waals surface area contributed by atoms with Crippen molar-refractivity contribution in [3.05, 3.63) is 75.8 Å². The van der Waals surface area contributed by atoms with Gasteiger partial charge in [0.1, 0.15) is 0 Å². The Hall–Kier alpha value is -2.20. The molecule has 0 aliphatic carbocycles. The van der Waals surface area contributed by atoms with E-state index in [1.807, 2.05) is 12.1 Å². The van der Waals surface area contributed by atoms with E-state index in [-0.39, 0.29) is 34.6 Å². The van der Waals surface area contributed by atoms with Crippen LogP contribution in [0.2, 0.25) is 0 Å². The zero-order valence-electron chi connectivity index (χ0n) is 16.6. The molecule has 2 aromatic rings. The second kappa shape index (κ2) is 11.7. The SMILES string of the molecule is CN=C(NCc1cccc([N+](=O)[O-])c1)NCC(c1ccccc1)N1CCCC1.I. The van der Waals surface area contributed by atoms with E-state index in [2.05, 4.69) is 44.8 Å². The highest BCUT2D eigenvalue weighted by Gasteiger charge is 2.23. The van der Waals surface area contributed by atoms with Gasteiger partial charge in [-0.15, -0.1) is 24.0 Å². The minimum absolute atomic E-state index is 0. The fourth-order valence-corrected chi connectivity index (χ4v) is 3.57. The first kappa shape index (κ1) is 23.1. The van der Waals surface area contributed by atoms with Crippen molar-refractivity contribution in [3.63, 3.8) is 0 Å². The molecule has 1 aliphatic rings. The smallest absolute Gasteiger partial charge is 0.269 e. The Labute approximate surface area is 188 Å². The van der Waals surface area contributed by atoms with E-state index >= 15 is 0 Å². The Morgan fingerprint density at radius 2 is 1.86 bits per heavy atom. The quantitative estimate of drug-likeness (QED) is 0.196. The molecule has 0 radical (unpaired) electrons. The van der Waals surface area contributed by atoms with Gasteiger partial charge in [0.05, 0.1) is 11.0 Å². The van der Waals surface area contributed by atoms with Crippen LogP contribution in [0, 0.1) is 10.1 Å². The summed E-state index contributed by atoms with van der Waals surface area (Å²) in [6.07, 6.45) is 2.48. The molecule has 0 bridgehead atoms. The first-order valence-electron chi connectivity index (χ1n) is 9.64. The van der Waals surface area contributed by atoms with Crippen LogP contribution in [-0.4, -0.2) is 42.5 Å². The highest BCUT2D eigenvalue weighted by Crippen LogP contribution is 2.24. The maximum absolute atomic E-state index is 10.9. The minimum Gasteiger partial charge on any atom is -0.354 e. The normalized spacial score (nSPS) is 15.4. The third kappa shape index (κ3) is 6.67. The lowest BCUT2D eigenvalue weighted by Gasteiger charge is -2.29. The van der Waals surface area contributed by atoms with E-state index in [1.165, 1.54) is 24.5 Å². The number of hydrogen-bond acceptors (Lipinski definition) is 4. The number of hydrogen-bond donors (Lipinski definition) is 2. The summed E-state index contributed by atoms with van der Waals surface area (Å²) in [5, 5.41) is 17.6. The van der Waals surface area contributed by atoms with Gasteiger partial charge in [-0.3, -0.25) is 20.0 Å². The van der Waals surface area contributed by atoms with Crippen molar-refractivity contribution in [2.24, 2.45) is 4.99 Å². The second-order valence-corrected chi connectivity index (χ2v) is 6.90. The molecule has 0 amide bonds. The van der Waals surface area contributed by atoms with Gasteiger partial charge in [-0.05, 0) is 37.1 Å². The van der Waals surface area contributed by atoms with Crippen LogP contribution < -0.4 is 10.6 Å². The van der Waals surface area contributed by atoms with E-state index in [4.69, 9.17) is 0 Å². The summed E-state index contributed by atoms with van der Waals surface area (Å²) in [4.78, 5) is 17.4. The molecule has 3 rings (SSSR count). The summed E-state index contributed by atoms with van der Waals surface area (Å²) in [6.45, 7) is 3.45. The van der Waals surface area contributed by atoms with Crippen LogP contribution in [0.5, 0.6) is 0 Å². The lowest BCUT2D eigenvalue weighted by Crippen LogP contribution is -2.42. The number of halogens is 1. The van der Waals surface area contributed by atoms with Gasteiger partial charge in [0.2, 0.25) is 0 Å². The molecule has 0 aromatic heterocycles. The fourth-order valence-electron chi connectivity index (χ4n) is 3.57. The number of benzene rings is 2. The van der Waals surface area contributed by atoms with Crippen molar-refractivity contribution in [3.8, 4) is 0 Å². The van der Waals surface area contributed by atoms with E-state index in [9.17, 15) is 10.1 Å². The largest absolute Gasteiger partial charge is 0.354 e. The van der Waals surface area contributed by atoms with Crippen LogP contribution in [0.4, 0.5) is 5.69 Å². The van der Waals surface area contributed by atoms with Gasteiger partial charge in [0, 0.05) is 32.3 Å². The molecule has 8 heteroatoms. The van der Waals surface area contributed by atoms with E-state index in [0.717, 1.165) is 25.2 Å². The predicted molar refractivity (Wildman–Crippen MR) is 127 cm³/mol. The van der Waals surface area contributed by atoms with Crippen molar-refractivity contribution in [2.45, 2.75) is 25.4 Å². The van der Waals surface area contributed by atoms with Crippen LogP contribution in [-0.2, 0) is 6.54 Å². The van der Waals surface area contributed by atoms with Gasteiger partial charge >= 0.3 is 0 Å². The monoisotopic (exact) mass is 509 g/mol. The number of nitro benzene ring substituents is 1. The standard InChI is InChI=1S/C21H27N5O2.HI/c1-22-21(23-15-17-8-7-11-19(14-17)26(27)28)24-16-20(25-12-5-6-13-25)18-9-3-2-4-10-18;/h2-4,7-11,14,20H,5-6,12-13,15-16H2,1H3,(H2,22,23,24);1H. The van der Waals surface area contributed by atoms with Crippen molar-refractivity contribution in [1.29, 1.82) is 0 Å². The molecule has 1 atom stereocenters. The van der Waals surface area contributed by atoms with E-state index < -0.39 is 0 Å². The molecule has 1 aliphatic heterocycles. The van der Waals surface area contributed by atoms with Crippen LogP contribution in [0.1, 0.15) is 30.0 Å². The Morgan fingerprint density at radius 1 is 1.14 bits per heavy atom. The minimum atomic E-state index is -0.378. The summed E-state index contributed by atoms with van der Waals surface area (Å²) in [6, 6.07) is 17.5. The van der Waals surface area contributed by atoms with Gasteiger partial charge in [-0.1, -0.05) is 42.5 Å². The van der Waals surface area contributed by atoms with Crippen LogP contribution in [0.3, 0.4) is 0 Å². The zero-order valence-corrected chi connectivity index (χ0v) is 18.9. The Bertz CT molecular complexity index is 810. The van der Waals surface area contributed by atoms with E-state index in [0.29, 0.717) is 18.5 Å². The van der Waals surface area contributed by atoms with Gasteiger partial charge in [-0.2, -0.15) is 0 Å². The van der Waals surface area contributed by atoms with Crippen molar-refractivity contribution < 1.29 is 4.92 Å². The number of rotatable bonds is 7. The third-order valence-electron chi connectivity index (χ3n) is 5.03. The van der Waals surface area contributed by atoms with Gasteiger partial charge < -0.3 is 10.6 Å². The molecule has 1 fully saturated rings. The molecule has 2 aromatic carbocycles. The molecular weight excluding hydrogens is 481 g/mol. The predicted octanol–water partition coefficient (Wildman–Crippen LogP) is 3.71. The summed E-state index contributed by atoms with van der Waals surface area (Å²) in [7, 11) is 1.73. The molecular formula is C21H28IN5O2. The Morgan fingerprint density at radius 3 is 2.52 bits per heavy atom. The summed E-state index contributed by atoms with van der Waals surface area (Å²) < 4.78 is 0. The third-order valence-corrected chi connectivity index (χ3v) is 5.03. The number of nitrogens with zero attached hydrogens (tertiary/aromatic N) is 3. The molecule has 2 N–H and O–H groups in total. The van der Waals surface area contributed by atoms with Crippen LogP contribution in [0.25, 0.3) is 0 Å². The topological polar surface area (TPSA) is 82.8 Å². The average molecular weight is 509 g/mol. The van der Waals surface area contributed by atoms with Gasteiger partial charge in [-0.25, -0.2) is 0 Å². The number of nitrogens with one attached hydrogen (secondary N) is 2. The van der Waals surface area contributed by atoms with Crippen molar-refractivity contribution in [2.75, 3.05) is 26.7 Å².